The van der Waals surface area contributed by atoms with E-state index in [1.54, 1.807) is 6.20 Å². The highest BCUT2D eigenvalue weighted by atomic mass is 32.2. The molecule has 0 unspecified atom stereocenters. The summed E-state index contributed by atoms with van der Waals surface area (Å²) < 4.78 is 1.83. The number of pyridine rings is 1. The molecule has 0 spiro atoms. The van der Waals surface area contributed by atoms with Gasteiger partial charge in [0, 0.05) is 32.1 Å². The van der Waals surface area contributed by atoms with Gasteiger partial charge in [0.2, 0.25) is 0 Å². The van der Waals surface area contributed by atoms with Gasteiger partial charge in [0.25, 0.3) is 5.69 Å². The minimum Gasteiger partial charge on any atom is -0.370 e. The van der Waals surface area contributed by atoms with Gasteiger partial charge in [-0.1, -0.05) is 0 Å². The Kier molecular flexibility index (Phi) is 4.00. The first-order valence-electron chi connectivity index (χ1n) is 5.65. The Labute approximate surface area is 114 Å². The molecule has 2 aromatic heterocycles. The van der Waals surface area contributed by atoms with E-state index in [0.717, 1.165) is 5.16 Å². The van der Waals surface area contributed by atoms with Gasteiger partial charge in [-0.05, 0) is 18.7 Å². The Balaban J connectivity index is 2.33. The Morgan fingerprint density at radius 1 is 1.53 bits per heavy atom. The van der Waals surface area contributed by atoms with Crippen molar-refractivity contribution in [3.63, 3.8) is 0 Å². The smallest absolute Gasteiger partial charge is 0.275 e. The van der Waals surface area contributed by atoms with Gasteiger partial charge >= 0.3 is 0 Å². The molecular weight excluding hydrogens is 266 g/mol. The third kappa shape index (κ3) is 3.22. The average Bonchev–Trinajstić information content (AvgIpc) is 2.75. The highest BCUT2D eigenvalue weighted by Crippen LogP contribution is 2.28. The van der Waals surface area contributed by atoms with Crippen LogP contribution >= 0.6 is 11.8 Å². The van der Waals surface area contributed by atoms with Crippen LogP contribution in [0.15, 0.2) is 34.7 Å². The fraction of sp³-hybridized carbons (Fsp3) is 0.273. The maximum absolute atomic E-state index is 10.9. The number of nitro groups is 1. The first-order valence-corrected chi connectivity index (χ1v) is 6.47. The third-order valence-electron chi connectivity index (χ3n) is 2.33. The summed E-state index contributed by atoms with van der Waals surface area (Å²) in [7, 11) is 1.86. The van der Waals surface area contributed by atoms with Crippen molar-refractivity contribution >= 4 is 23.3 Å². The van der Waals surface area contributed by atoms with Crippen molar-refractivity contribution in [1.82, 2.24) is 14.5 Å². The predicted octanol–water partition coefficient (Wildman–Crippen LogP) is 2.31. The van der Waals surface area contributed by atoms with Gasteiger partial charge in [-0.25, -0.2) is 9.97 Å². The summed E-state index contributed by atoms with van der Waals surface area (Å²) in [5.41, 5.74) is 0.0164. The monoisotopic (exact) mass is 279 g/mol. The molecule has 0 atom stereocenters. The van der Waals surface area contributed by atoms with Crippen LogP contribution in [0.1, 0.15) is 6.92 Å². The summed E-state index contributed by atoms with van der Waals surface area (Å²) >= 11 is 1.29. The van der Waals surface area contributed by atoms with Crippen molar-refractivity contribution in [3.8, 4) is 0 Å². The maximum Gasteiger partial charge on any atom is 0.275 e. The second kappa shape index (κ2) is 5.70. The maximum atomic E-state index is 10.9. The van der Waals surface area contributed by atoms with E-state index in [4.69, 9.17) is 0 Å². The molecule has 0 radical (unpaired) electrons. The molecule has 8 heteroatoms. The van der Waals surface area contributed by atoms with Crippen LogP contribution in [0.4, 0.5) is 11.5 Å². The van der Waals surface area contributed by atoms with E-state index in [0.29, 0.717) is 17.4 Å². The molecule has 19 heavy (non-hydrogen) atoms. The van der Waals surface area contributed by atoms with Crippen LogP contribution in [0, 0.1) is 10.1 Å². The molecule has 0 saturated carbocycles. The topological polar surface area (TPSA) is 85.9 Å². The van der Waals surface area contributed by atoms with Gasteiger partial charge in [-0.15, -0.1) is 0 Å². The fourth-order valence-electron chi connectivity index (χ4n) is 1.46. The number of aromatic nitrogens is 3. The first kappa shape index (κ1) is 13.3. The Morgan fingerprint density at radius 3 is 2.89 bits per heavy atom. The van der Waals surface area contributed by atoms with E-state index in [-0.39, 0.29) is 5.69 Å². The molecule has 0 aliphatic rings. The second-order valence-electron chi connectivity index (χ2n) is 3.76. The van der Waals surface area contributed by atoms with Gasteiger partial charge in [0.1, 0.15) is 10.8 Å². The number of rotatable bonds is 5. The molecule has 2 heterocycles. The predicted molar refractivity (Wildman–Crippen MR) is 72.4 cm³/mol. The highest BCUT2D eigenvalue weighted by molar-refractivity contribution is 7.99. The molecule has 0 aliphatic carbocycles. The number of anilines is 1. The summed E-state index contributed by atoms with van der Waals surface area (Å²) in [5, 5.41) is 15.2. The number of hydrogen-bond donors (Lipinski definition) is 1. The Hall–Kier alpha value is -2.09. The molecule has 7 nitrogen and oxygen atoms in total. The summed E-state index contributed by atoms with van der Waals surface area (Å²) in [5.74, 6) is 0.494. The summed E-state index contributed by atoms with van der Waals surface area (Å²) in [6.45, 7) is 2.56. The molecule has 2 aromatic rings. The van der Waals surface area contributed by atoms with E-state index in [9.17, 15) is 10.1 Å². The zero-order chi connectivity index (χ0) is 13.8. The minimum absolute atomic E-state index is 0.0164. The molecule has 1 N–H and O–H groups in total. The lowest BCUT2D eigenvalue weighted by atomic mass is 10.4. The molecule has 2 rings (SSSR count). The van der Waals surface area contributed by atoms with Crippen molar-refractivity contribution in [3.05, 3.63) is 34.6 Å². The van der Waals surface area contributed by atoms with Gasteiger partial charge in [-0.2, -0.15) is 0 Å². The normalized spacial score (nSPS) is 10.4. The van der Waals surface area contributed by atoms with Gasteiger partial charge in [0.05, 0.1) is 11.0 Å². The zero-order valence-electron chi connectivity index (χ0n) is 10.5. The second-order valence-corrected chi connectivity index (χ2v) is 4.75. The lowest BCUT2D eigenvalue weighted by Gasteiger charge is -2.05. The molecule has 0 aromatic carbocycles. The Bertz CT molecular complexity index is 599. The Morgan fingerprint density at radius 2 is 2.32 bits per heavy atom. The van der Waals surface area contributed by atoms with Crippen molar-refractivity contribution in [2.24, 2.45) is 7.05 Å². The SMILES string of the molecule is CCNc1cc([N+](=O)[O-])cc(Sc2nccn2C)n1. The van der Waals surface area contributed by atoms with E-state index in [1.165, 1.54) is 23.9 Å². The van der Waals surface area contributed by atoms with Crippen LogP contribution in [0.3, 0.4) is 0 Å². The molecule has 0 bridgehead atoms. The molecular formula is C11H13N5O2S. The van der Waals surface area contributed by atoms with Crippen molar-refractivity contribution in [1.29, 1.82) is 0 Å². The van der Waals surface area contributed by atoms with E-state index in [1.807, 2.05) is 24.7 Å². The third-order valence-corrected chi connectivity index (χ3v) is 3.32. The minimum atomic E-state index is -0.426. The van der Waals surface area contributed by atoms with Crippen LogP contribution in [-0.4, -0.2) is 26.0 Å². The number of nitrogens with one attached hydrogen (secondary N) is 1. The number of nitrogens with zero attached hydrogens (tertiary/aromatic N) is 4. The zero-order valence-corrected chi connectivity index (χ0v) is 11.3. The van der Waals surface area contributed by atoms with E-state index in [2.05, 4.69) is 15.3 Å². The van der Waals surface area contributed by atoms with Crippen molar-refractivity contribution in [2.75, 3.05) is 11.9 Å². The van der Waals surface area contributed by atoms with Crippen LogP contribution in [-0.2, 0) is 7.05 Å². The fourth-order valence-corrected chi connectivity index (χ4v) is 2.29. The quantitative estimate of drug-likeness (QED) is 0.667. The lowest BCUT2D eigenvalue weighted by molar-refractivity contribution is -0.385. The average molecular weight is 279 g/mol. The van der Waals surface area contributed by atoms with Crippen LogP contribution in [0.2, 0.25) is 0 Å². The number of imidazole rings is 1. The van der Waals surface area contributed by atoms with E-state index < -0.39 is 4.92 Å². The first-order chi connectivity index (χ1) is 9.10. The largest absolute Gasteiger partial charge is 0.370 e. The number of hydrogen-bond acceptors (Lipinski definition) is 6. The summed E-state index contributed by atoms with van der Waals surface area (Å²) in [4.78, 5) is 18.9. The molecule has 0 saturated heterocycles. The standard InChI is InChI=1S/C11H13N5O2S/c1-3-12-9-6-8(16(17)18)7-10(14-9)19-11-13-4-5-15(11)2/h4-7H,3H2,1-2H3,(H,12,14). The highest BCUT2D eigenvalue weighted by Gasteiger charge is 2.13. The van der Waals surface area contributed by atoms with Crippen molar-refractivity contribution in [2.45, 2.75) is 17.1 Å². The van der Waals surface area contributed by atoms with Gasteiger partial charge in [0.15, 0.2) is 5.16 Å². The molecule has 0 amide bonds. The molecule has 100 valence electrons. The van der Waals surface area contributed by atoms with E-state index >= 15 is 0 Å². The summed E-state index contributed by atoms with van der Waals surface area (Å²) in [6, 6.07) is 2.87. The summed E-state index contributed by atoms with van der Waals surface area (Å²) in [6.07, 6.45) is 3.48. The molecule has 0 aliphatic heterocycles. The lowest BCUT2D eigenvalue weighted by Crippen LogP contribution is -2.01. The van der Waals surface area contributed by atoms with Crippen LogP contribution in [0.25, 0.3) is 0 Å². The van der Waals surface area contributed by atoms with Crippen LogP contribution < -0.4 is 5.32 Å². The molecule has 0 fully saturated rings. The number of aryl methyl sites for hydroxylation is 1. The van der Waals surface area contributed by atoms with Gasteiger partial charge < -0.3 is 9.88 Å². The van der Waals surface area contributed by atoms with Gasteiger partial charge in [-0.3, -0.25) is 10.1 Å². The van der Waals surface area contributed by atoms with Crippen molar-refractivity contribution < 1.29 is 4.92 Å². The van der Waals surface area contributed by atoms with Crippen LogP contribution in [0.5, 0.6) is 0 Å².